The lowest BCUT2D eigenvalue weighted by atomic mass is 10.7. The van der Waals surface area contributed by atoms with Crippen molar-refractivity contribution in [1.82, 2.24) is 0 Å². The third-order valence-corrected chi connectivity index (χ3v) is 2.30. The Hall–Kier alpha value is 1.23. The molecule has 0 radical (unpaired) electrons. The molecule has 64 valence electrons. The van der Waals surface area contributed by atoms with Gasteiger partial charge in [-0.2, -0.15) is 11.8 Å². The van der Waals surface area contributed by atoms with Crippen molar-refractivity contribution in [3.63, 3.8) is 0 Å². The van der Waals surface area contributed by atoms with E-state index >= 15 is 0 Å². The molecule has 0 aromatic heterocycles. The maximum Gasteiger partial charge on any atom is 0.0307 e. The van der Waals surface area contributed by atoms with E-state index in [-0.39, 0.29) is 0 Å². The van der Waals surface area contributed by atoms with E-state index in [1.165, 1.54) is 0 Å². The van der Waals surface area contributed by atoms with Crippen LogP contribution in [0, 0.1) is 0 Å². The zero-order valence-corrected chi connectivity index (χ0v) is 10.2. The van der Waals surface area contributed by atoms with Crippen molar-refractivity contribution in [3.05, 3.63) is 20.6 Å². The van der Waals surface area contributed by atoms with Crippen LogP contribution in [-0.2, 0) is 0 Å². The van der Waals surface area contributed by atoms with Gasteiger partial charge in [-0.25, -0.2) is 0 Å². The van der Waals surface area contributed by atoms with E-state index in [0.717, 1.165) is 20.0 Å². The van der Waals surface area contributed by atoms with Crippen molar-refractivity contribution >= 4 is 62.3 Å². The molecule has 0 aliphatic rings. The minimum absolute atomic E-state index is 0.762. The van der Waals surface area contributed by atoms with Crippen LogP contribution in [0.4, 0.5) is 0 Å². The molecular formula is C6H10S5. The molecule has 0 heterocycles. The summed E-state index contributed by atoms with van der Waals surface area (Å²) in [5.41, 5.74) is 0. The van der Waals surface area contributed by atoms with Gasteiger partial charge in [-0.1, -0.05) is 12.2 Å². The Morgan fingerprint density at radius 3 is 1.55 bits per heavy atom. The summed E-state index contributed by atoms with van der Waals surface area (Å²) in [5, 5.41) is 0. The fraction of sp³-hybridized carbons (Fsp3) is 0.333. The number of hydrogen-bond acceptors (Lipinski definition) is 5. The Bertz CT molecular complexity index is 134. The van der Waals surface area contributed by atoms with Gasteiger partial charge in [0.25, 0.3) is 0 Å². The standard InChI is InChI=1S/C6H10S5/c7-5(8)1-3-11-4-2-6(9)10/h1-2,7-10H,3-4H2. The van der Waals surface area contributed by atoms with E-state index in [1.54, 1.807) is 11.8 Å². The molecule has 0 N–H and O–H groups in total. The van der Waals surface area contributed by atoms with Crippen molar-refractivity contribution in [1.29, 1.82) is 0 Å². The van der Waals surface area contributed by atoms with Crippen LogP contribution in [-0.4, -0.2) is 11.5 Å². The van der Waals surface area contributed by atoms with Crippen molar-refractivity contribution in [2.45, 2.75) is 0 Å². The summed E-state index contributed by atoms with van der Waals surface area (Å²) in [6, 6.07) is 0. The Morgan fingerprint density at radius 1 is 0.909 bits per heavy atom. The molecule has 0 amide bonds. The molecule has 0 rings (SSSR count). The Morgan fingerprint density at radius 2 is 1.27 bits per heavy atom. The summed E-state index contributed by atoms with van der Waals surface area (Å²) in [5.74, 6) is 1.85. The van der Waals surface area contributed by atoms with Gasteiger partial charge >= 0.3 is 0 Å². The van der Waals surface area contributed by atoms with Gasteiger partial charge in [-0.3, -0.25) is 0 Å². The second-order valence-corrected chi connectivity index (χ2v) is 5.37. The topological polar surface area (TPSA) is 0 Å². The van der Waals surface area contributed by atoms with Crippen LogP contribution in [0.3, 0.4) is 0 Å². The van der Waals surface area contributed by atoms with Crippen LogP contribution in [0.5, 0.6) is 0 Å². The van der Waals surface area contributed by atoms with Crippen LogP contribution in [0.1, 0.15) is 0 Å². The monoisotopic (exact) mass is 242 g/mol. The Labute approximate surface area is 93.9 Å². The van der Waals surface area contributed by atoms with Gasteiger partial charge in [-0.05, 0) is 0 Å². The Kier molecular flexibility index (Phi) is 8.74. The third kappa shape index (κ3) is 11.2. The molecule has 0 saturated carbocycles. The molecule has 0 aromatic rings. The summed E-state index contributed by atoms with van der Waals surface area (Å²) < 4.78 is 1.52. The lowest BCUT2D eigenvalue weighted by molar-refractivity contribution is 1.72. The molecule has 0 aliphatic heterocycles. The minimum Gasteiger partial charge on any atom is -0.154 e. The zero-order valence-electron chi connectivity index (χ0n) is 5.77. The van der Waals surface area contributed by atoms with E-state index in [1.807, 2.05) is 12.2 Å². The fourth-order valence-electron chi connectivity index (χ4n) is 0.335. The maximum absolute atomic E-state index is 4.01. The number of hydrogen-bond donors (Lipinski definition) is 4. The highest BCUT2D eigenvalue weighted by atomic mass is 32.2. The van der Waals surface area contributed by atoms with Crippen LogP contribution in [0.15, 0.2) is 20.6 Å². The molecule has 0 nitrogen and oxygen atoms in total. The summed E-state index contributed by atoms with van der Waals surface area (Å²) in [6.07, 6.45) is 3.89. The number of rotatable bonds is 4. The lowest BCUT2D eigenvalue weighted by Gasteiger charge is -1.92. The van der Waals surface area contributed by atoms with Crippen LogP contribution in [0.25, 0.3) is 0 Å². The van der Waals surface area contributed by atoms with E-state index < -0.39 is 0 Å². The Balaban J connectivity index is 3.29. The zero-order chi connectivity index (χ0) is 8.69. The molecule has 0 aliphatic carbocycles. The molecular weight excluding hydrogens is 232 g/mol. The predicted molar refractivity (Wildman–Crippen MR) is 69.4 cm³/mol. The highest BCUT2D eigenvalue weighted by molar-refractivity contribution is 8.05. The number of thiol groups is 4. The van der Waals surface area contributed by atoms with Gasteiger partial charge in [-0.15, -0.1) is 50.5 Å². The quantitative estimate of drug-likeness (QED) is 0.434. The molecule has 0 spiro atoms. The summed E-state index contributed by atoms with van der Waals surface area (Å²) in [4.78, 5) is 0. The highest BCUT2D eigenvalue weighted by Crippen LogP contribution is 2.11. The average Bonchev–Trinajstić information content (AvgIpc) is 1.85. The molecule has 0 unspecified atom stereocenters. The molecule has 0 bridgehead atoms. The lowest BCUT2D eigenvalue weighted by Crippen LogP contribution is -1.74. The van der Waals surface area contributed by atoms with Crippen molar-refractivity contribution < 1.29 is 0 Å². The van der Waals surface area contributed by atoms with Crippen LogP contribution >= 0.6 is 62.3 Å². The maximum atomic E-state index is 4.01. The second-order valence-electron chi connectivity index (χ2n) is 1.66. The number of thioether (sulfide) groups is 1. The third-order valence-electron chi connectivity index (χ3n) is 0.768. The normalized spacial score (nSPS) is 9.09. The van der Waals surface area contributed by atoms with Crippen LogP contribution < -0.4 is 0 Å². The van der Waals surface area contributed by atoms with Crippen molar-refractivity contribution in [3.8, 4) is 0 Å². The first-order chi connectivity index (χ1) is 5.13. The van der Waals surface area contributed by atoms with E-state index in [4.69, 9.17) is 0 Å². The largest absolute Gasteiger partial charge is 0.154 e. The first-order valence-corrected chi connectivity index (χ1v) is 5.81. The van der Waals surface area contributed by atoms with Crippen molar-refractivity contribution in [2.75, 3.05) is 11.5 Å². The van der Waals surface area contributed by atoms with E-state index in [2.05, 4.69) is 50.5 Å². The van der Waals surface area contributed by atoms with E-state index in [9.17, 15) is 0 Å². The smallest absolute Gasteiger partial charge is 0.0307 e. The molecule has 5 heteroatoms. The highest BCUT2D eigenvalue weighted by Gasteiger charge is 1.83. The predicted octanol–water partition coefficient (Wildman–Crippen LogP) is 3.12. The van der Waals surface area contributed by atoms with E-state index in [0.29, 0.717) is 0 Å². The fourth-order valence-corrected chi connectivity index (χ4v) is 1.90. The molecule has 0 aromatic carbocycles. The van der Waals surface area contributed by atoms with Gasteiger partial charge in [0.1, 0.15) is 0 Å². The molecule has 11 heavy (non-hydrogen) atoms. The molecule has 0 saturated heterocycles. The van der Waals surface area contributed by atoms with Gasteiger partial charge in [0.05, 0.1) is 0 Å². The van der Waals surface area contributed by atoms with Gasteiger partial charge in [0.15, 0.2) is 0 Å². The minimum atomic E-state index is 0.762. The molecule has 0 fully saturated rings. The summed E-state index contributed by atoms with van der Waals surface area (Å²) in [6.45, 7) is 0. The summed E-state index contributed by atoms with van der Waals surface area (Å²) in [7, 11) is 0. The SMILES string of the molecule is SC(S)=CCSCC=C(S)S. The molecule has 0 atom stereocenters. The van der Waals surface area contributed by atoms with Gasteiger partial charge in [0, 0.05) is 20.0 Å². The van der Waals surface area contributed by atoms with Gasteiger partial charge in [0.2, 0.25) is 0 Å². The van der Waals surface area contributed by atoms with Gasteiger partial charge < -0.3 is 0 Å². The second kappa shape index (κ2) is 7.86. The summed E-state index contributed by atoms with van der Waals surface area (Å²) >= 11 is 17.8. The first kappa shape index (κ1) is 12.2. The average molecular weight is 242 g/mol. The van der Waals surface area contributed by atoms with Crippen LogP contribution in [0.2, 0.25) is 0 Å². The van der Waals surface area contributed by atoms with Crippen molar-refractivity contribution in [2.24, 2.45) is 0 Å². The first-order valence-electron chi connectivity index (χ1n) is 2.87.